The van der Waals surface area contributed by atoms with E-state index in [-0.39, 0.29) is 18.1 Å². The normalized spacial score (nSPS) is 18.3. The van der Waals surface area contributed by atoms with Gasteiger partial charge in [-0.15, -0.1) is 0 Å². The van der Waals surface area contributed by atoms with E-state index in [1.807, 2.05) is 18.2 Å². The van der Waals surface area contributed by atoms with Gasteiger partial charge in [0.2, 0.25) is 6.79 Å². The molecule has 2 aliphatic rings. The Hall–Kier alpha value is -4.46. The number of nitrogens with zero attached hydrogens (tertiary/aromatic N) is 1. The Morgan fingerprint density at radius 1 is 0.912 bits per heavy atom. The largest absolute Gasteiger partial charge is 0.507 e. The van der Waals surface area contributed by atoms with Crippen LogP contribution < -0.4 is 23.8 Å². The van der Waals surface area contributed by atoms with Crippen LogP contribution in [0.25, 0.3) is 5.76 Å². The van der Waals surface area contributed by atoms with Crippen molar-refractivity contribution in [3.8, 4) is 23.0 Å². The van der Waals surface area contributed by atoms with Crippen LogP contribution in [0.3, 0.4) is 0 Å². The lowest BCUT2D eigenvalue weighted by Gasteiger charge is -2.25. The minimum absolute atomic E-state index is 0.0268. The highest BCUT2D eigenvalue weighted by Gasteiger charge is 2.47. The minimum Gasteiger partial charge on any atom is -0.507 e. The van der Waals surface area contributed by atoms with Crippen LogP contribution in [0.4, 0.5) is 5.69 Å². The SMILES string of the molecule is COc1ccc(/C(O)=C2\C(=O)C(=O)N(c3ccc4c(c3)OCO4)C2c2ccccc2)cc1OC. The van der Waals surface area contributed by atoms with E-state index in [1.165, 1.54) is 19.1 Å². The summed E-state index contributed by atoms with van der Waals surface area (Å²) in [5.41, 5.74) is 1.41. The summed E-state index contributed by atoms with van der Waals surface area (Å²) in [7, 11) is 2.98. The molecule has 1 amide bonds. The lowest BCUT2D eigenvalue weighted by Crippen LogP contribution is -2.29. The topological polar surface area (TPSA) is 94.5 Å². The van der Waals surface area contributed by atoms with Crippen molar-refractivity contribution < 1.29 is 33.6 Å². The number of fused-ring (bicyclic) bond motifs is 1. The highest BCUT2D eigenvalue weighted by Crippen LogP contribution is 2.45. The Bertz CT molecular complexity index is 1320. The van der Waals surface area contributed by atoms with Crippen LogP contribution in [-0.4, -0.2) is 37.8 Å². The Kier molecular flexibility index (Phi) is 5.33. The van der Waals surface area contributed by atoms with Crippen LogP contribution in [0.2, 0.25) is 0 Å². The molecule has 0 aliphatic carbocycles. The first kappa shape index (κ1) is 21.4. The van der Waals surface area contributed by atoms with Gasteiger partial charge in [0.05, 0.1) is 25.8 Å². The number of amides is 1. The molecule has 1 saturated heterocycles. The van der Waals surface area contributed by atoms with E-state index in [0.717, 1.165) is 0 Å². The van der Waals surface area contributed by atoms with Crippen molar-refractivity contribution in [3.05, 3.63) is 83.4 Å². The summed E-state index contributed by atoms with van der Waals surface area (Å²) in [5, 5.41) is 11.3. The van der Waals surface area contributed by atoms with Crippen molar-refractivity contribution in [1.82, 2.24) is 0 Å². The molecule has 0 aromatic heterocycles. The fraction of sp³-hybridized carbons (Fsp3) is 0.154. The third-order valence-corrected chi connectivity index (χ3v) is 5.85. The second kappa shape index (κ2) is 8.47. The fourth-order valence-electron chi connectivity index (χ4n) is 4.22. The predicted octanol–water partition coefficient (Wildman–Crippen LogP) is 4.06. The van der Waals surface area contributed by atoms with Gasteiger partial charge in [0.15, 0.2) is 23.0 Å². The molecule has 1 atom stereocenters. The molecule has 34 heavy (non-hydrogen) atoms. The van der Waals surface area contributed by atoms with E-state index < -0.39 is 17.7 Å². The zero-order valence-electron chi connectivity index (χ0n) is 18.5. The van der Waals surface area contributed by atoms with Crippen molar-refractivity contribution in [3.63, 3.8) is 0 Å². The van der Waals surface area contributed by atoms with Crippen LogP contribution in [0.1, 0.15) is 17.2 Å². The molecule has 2 aliphatic heterocycles. The van der Waals surface area contributed by atoms with Crippen molar-refractivity contribution in [2.45, 2.75) is 6.04 Å². The number of hydrogen-bond acceptors (Lipinski definition) is 7. The maximum atomic E-state index is 13.3. The molecule has 3 aromatic rings. The monoisotopic (exact) mass is 459 g/mol. The van der Waals surface area contributed by atoms with E-state index in [0.29, 0.717) is 39.8 Å². The molecule has 1 N–H and O–H groups in total. The molecule has 0 radical (unpaired) electrons. The van der Waals surface area contributed by atoms with Crippen molar-refractivity contribution >= 4 is 23.1 Å². The van der Waals surface area contributed by atoms with Crippen LogP contribution in [0.5, 0.6) is 23.0 Å². The summed E-state index contributed by atoms with van der Waals surface area (Å²) < 4.78 is 21.4. The number of ether oxygens (including phenoxy) is 4. The van der Waals surface area contributed by atoms with Gasteiger partial charge >= 0.3 is 0 Å². The number of Topliss-reactive ketones (excluding diaryl/α,β-unsaturated/α-hetero) is 1. The molecule has 172 valence electrons. The lowest BCUT2D eigenvalue weighted by atomic mass is 9.95. The van der Waals surface area contributed by atoms with E-state index in [2.05, 4.69) is 0 Å². The first-order valence-electron chi connectivity index (χ1n) is 10.5. The maximum Gasteiger partial charge on any atom is 0.300 e. The number of rotatable bonds is 5. The van der Waals surface area contributed by atoms with Gasteiger partial charge in [-0.3, -0.25) is 14.5 Å². The summed E-state index contributed by atoms with van der Waals surface area (Å²) in [6.45, 7) is 0.0824. The van der Waals surface area contributed by atoms with Gasteiger partial charge in [-0.1, -0.05) is 30.3 Å². The average Bonchev–Trinajstić information content (AvgIpc) is 3.45. The summed E-state index contributed by atoms with van der Waals surface area (Å²) in [5.74, 6) is 0.0326. The quantitative estimate of drug-likeness (QED) is 0.349. The Labute approximate surface area is 195 Å². The number of methoxy groups -OCH3 is 2. The predicted molar refractivity (Wildman–Crippen MR) is 123 cm³/mol. The van der Waals surface area contributed by atoms with Crippen molar-refractivity contribution in [2.24, 2.45) is 0 Å². The third kappa shape index (κ3) is 3.40. The first-order valence-corrected chi connectivity index (χ1v) is 10.5. The molecule has 2 heterocycles. The van der Waals surface area contributed by atoms with Crippen LogP contribution >= 0.6 is 0 Å². The molecule has 1 unspecified atom stereocenters. The number of benzene rings is 3. The molecule has 1 fully saturated rings. The van der Waals surface area contributed by atoms with E-state index in [4.69, 9.17) is 18.9 Å². The molecule has 5 rings (SSSR count). The third-order valence-electron chi connectivity index (χ3n) is 5.85. The molecule has 8 heteroatoms. The molecular weight excluding hydrogens is 438 g/mol. The number of aliphatic hydroxyl groups is 1. The lowest BCUT2D eigenvalue weighted by molar-refractivity contribution is -0.132. The Morgan fingerprint density at radius 2 is 1.65 bits per heavy atom. The molecule has 0 bridgehead atoms. The van der Waals surface area contributed by atoms with Gasteiger partial charge in [0.1, 0.15) is 5.76 Å². The molecular formula is C26H21NO7. The highest BCUT2D eigenvalue weighted by molar-refractivity contribution is 6.51. The second-order valence-corrected chi connectivity index (χ2v) is 7.69. The highest BCUT2D eigenvalue weighted by atomic mass is 16.7. The molecule has 8 nitrogen and oxygen atoms in total. The zero-order valence-corrected chi connectivity index (χ0v) is 18.5. The fourth-order valence-corrected chi connectivity index (χ4v) is 4.22. The number of carbonyl (C=O) groups excluding carboxylic acids is 2. The Balaban J connectivity index is 1.69. The van der Waals surface area contributed by atoms with E-state index >= 15 is 0 Å². The standard InChI is InChI=1S/C26H21NO7/c1-31-18-10-8-16(12-20(18)32-2)24(28)22-23(15-6-4-3-5-7-15)27(26(30)25(22)29)17-9-11-19-21(13-17)34-14-33-19/h3-13,23,28H,14H2,1-2H3/b24-22+. The van der Waals surface area contributed by atoms with Crippen molar-refractivity contribution in [1.29, 1.82) is 0 Å². The summed E-state index contributed by atoms with van der Waals surface area (Å²) in [4.78, 5) is 27.9. The number of aliphatic hydroxyl groups excluding tert-OH is 1. The zero-order chi connectivity index (χ0) is 23.8. The number of hydrogen-bond donors (Lipinski definition) is 1. The van der Waals surface area contributed by atoms with Crippen LogP contribution in [0.15, 0.2) is 72.3 Å². The Morgan fingerprint density at radius 3 is 2.38 bits per heavy atom. The minimum atomic E-state index is -0.852. The molecule has 0 spiro atoms. The maximum absolute atomic E-state index is 13.3. The van der Waals surface area contributed by atoms with Gasteiger partial charge in [-0.25, -0.2) is 0 Å². The van der Waals surface area contributed by atoms with Gasteiger partial charge in [-0.2, -0.15) is 0 Å². The van der Waals surface area contributed by atoms with Gasteiger partial charge in [0, 0.05) is 17.3 Å². The average molecular weight is 459 g/mol. The van der Waals surface area contributed by atoms with E-state index in [1.54, 1.807) is 48.5 Å². The number of ketones is 1. The molecule has 0 saturated carbocycles. The second-order valence-electron chi connectivity index (χ2n) is 7.69. The van der Waals surface area contributed by atoms with Crippen molar-refractivity contribution in [2.75, 3.05) is 25.9 Å². The van der Waals surface area contributed by atoms with E-state index in [9.17, 15) is 14.7 Å². The summed E-state index contributed by atoms with van der Waals surface area (Å²) in [6.07, 6.45) is 0. The van der Waals surface area contributed by atoms with Crippen LogP contribution in [0, 0.1) is 0 Å². The van der Waals surface area contributed by atoms with Gasteiger partial charge in [0.25, 0.3) is 11.7 Å². The first-order chi connectivity index (χ1) is 16.5. The smallest absolute Gasteiger partial charge is 0.300 e. The molecule has 3 aromatic carbocycles. The number of anilines is 1. The summed E-state index contributed by atoms with van der Waals surface area (Å²) >= 11 is 0. The van der Waals surface area contributed by atoms with Crippen LogP contribution in [-0.2, 0) is 9.59 Å². The number of carbonyl (C=O) groups is 2. The van der Waals surface area contributed by atoms with Gasteiger partial charge < -0.3 is 24.1 Å². The van der Waals surface area contributed by atoms with Gasteiger partial charge in [-0.05, 0) is 35.9 Å². The summed E-state index contributed by atoms with van der Waals surface area (Å²) in [6, 6.07) is 18.0.